The van der Waals surface area contributed by atoms with E-state index < -0.39 is 0 Å². The number of anilines is 6. The van der Waals surface area contributed by atoms with Crippen LogP contribution in [0.3, 0.4) is 0 Å². The Morgan fingerprint density at radius 2 is 0.929 bits per heavy atom. The van der Waals surface area contributed by atoms with Crippen LogP contribution >= 0.6 is 0 Å². The molecule has 15 rings (SSSR count). The number of fused-ring (bicyclic) bond motifs is 6. The summed E-state index contributed by atoms with van der Waals surface area (Å²) >= 11 is 0. The first-order valence-corrected chi connectivity index (χ1v) is 25.7. The number of hydrogen-bond donors (Lipinski definition) is 0. The van der Waals surface area contributed by atoms with E-state index in [4.69, 9.17) is 0 Å². The van der Waals surface area contributed by atoms with Gasteiger partial charge in [-0.25, -0.2) is 0 Å². The fourth-order valence-corrected chi connectivity index (χ4v) is 14.4. The van der Waals surface area contributed by atoms with Gasteiger partial charge >= 0.3 is 0 Å². The molecule has 0 N–H and O–H groups in total. The zero-order valence-electron chi connectivity index (χ0n) is 40.1. The van der Waals surface area contributed by atoms with Crippen LogP contribution in [0.5, 0.6) is 0 Å². The molecule has 0 spiro atoms. The molecule has 70 heavy (non-hydrogen) atoms. The minimum Gasteiger partial charge on any atom is -0.310 e. The molecule has 0 unspecified atom stereocenters. The van der Waals surface area contributed by atoms with E-state index in [1.165, 1.54) is 111 Å². The molecule has 4 bridgehead atoms. The van der Waals surface area contributed by atoms with E-state index in [0.29, 0.717) is 5.41 Å². The smallest absolute Gasteiger partial charge is 0.0562 e. The lowest BCUT2D eigenvalue weighted by molar-refractivity contribution is -0.00516. The van der Waals surface area contributed by atoms with Gasteiger partial charge in [-0.1, -0.05) is 141 Å². The molecule has 0 radical (unpaired) electrons. The van der Waals surface area contributed by atoms with Gasteiger partial charge < -0.3 is 14.4 Å². The van der Waals surface area contributed by atoms with Gasteiger partial charge in [0.05, 0.1) is 16.7 Å². The monoisotopic (exact) mass is 903 g/mol. The molecular weight excluding hydrogens is 847 g/mol. The van der Waals surface area contributed by atoms with Gasteiger partial charge in [0, 0.05) is 50.3 Å². The number of para-hydroxylation sites is 3. The molecule has 3 heteroatoms. The summed E-state index contributed by atoms with van der Waals surface area (Å²) in [5.74, 6) is 2.70. The van der Waals surface area contributed by atoms with E-state index in [-0.39, 0.29) is 5.41 Å². The maximum Gasteiger partial charge on any atom is 0.0562 e. The number of hydrogen-bond acceptors (Lipinski definition) is 2. The van der Waals surface area contributed by atoms with Gasteiger partial charge in [0.1, 0.15) is 0 Å². The van der Waals surface area contributed by atoms with Crippen molar-refractivity contribution in [2.45, 2.75) is 63.2 Å². The summed E-state index contributed by atoms with van der Waals surface area (Å²) < 4.78 is 2.42. The van der Waals surface area contributed by atoms with Gasteiger partial charge in [-0.15, -0.1) is 0 Å². The maximum atomic E-state index is 2.57. The van der Waals surface area contributed by atoms with Crippen LogP contribution in [0.15, 0.2) is 218 Å². The fraction of sp³-hybridized carbons (Fsp3) is 0.194. The van der Waals surface area contributed by atoms with E-state index in [0.717, 1.165) is 40.5 Å². The van der Waals surface area contributed by atoms with Gasteiger partial charge in [-0.3, -0.25) is 0 Å². The Morgan fingerprint density at radius 1 is 0.414 bits per heavy atom. The lowest BCUT2D eigenvalue weighted by Crippen LogP contribution is -2.48. The Kier molecular flexibility index (Phi) is 9.44. The maximum absolute atomic E-state index is 2.57. The summed E-state index contributed by atoms with van der Waals surface area (Å²) in [6, 6.07) is 81.7. The van der Waals surface area contributed by atoms with E-state index in [2.05, 4.69) is 247 Å². The molecule has 5 aliphatic rings. The van der Waals surface area contributed by atoms with Crippen molar-refractivity contribution in [2.75, 3.05) is 9.80 Å². The summed E-state index contributed by atoms with van der Waals surface area (Å²) in [7, 11) is 0. The number of aromatic nitrogens is 1. The molecule has 340 valence electrons. The Bertz CT molecular complexity index is 3590. The molecule has 5 aliphatic carbocycles. The second kappa shape index (κ2) is 16.0. The van der Waals surface area contributed by atoms with E-state index in [1.807, 2.05) is 0 Å². The summed E-state index contributed by atoms with van der Waals surface area (Å²) in [5, 5.41) is 2.46. The standard InChI is InChI=1S/C67H57N3/c1-66(2)60-33-31-55(68(51-21-8-4-9-22-51)54-26-15-20-50(39-54)67-42-45-35-46(43-67)37-47(36-45)44-67)40-58(60)59-41-56(32-34-61(59)66)69(53-25-14-19-49(38-53)48-17-6-3-7-18-48)63-29-16-30-64-65(63)57-27-12-13-28-62(57)70(64)52-23-10-5-11-24-52/h3-34,38-41,45-47H,35-37,42-44H2,1-2H3. The summed E-state index contributed by atoms with van der Waals surface area (Å²) in [4.78, 5) is 5.03. The average Bonchev–Trinajstić information content (AvgIpc) is 3.85. The minimum absolute atomic E-state index is 0.182. The molecule has 4 fully saturated rings. The Balaban J connectivity index is 0.946. The lowest BCUT2D eigenvalue weighted by Gasteiger charge is -2.57. The molecule has 9 aromatic carbocycles. The van der Waals surface area contributed by atoms with Gasteiger partial charge in [0.25, 0.3) is 0 Å². The van der Waals surface area contributed by atoms with E-state index in [1.54, 1.807) is 5.56 Å². The third-order valence-electron chi connectivity index (χ3n) is 17.1. The average molecular weight is 904 g/mol. The highest BCUT2D eigenvalue weighted by Gasteiger charge is 2.51. The molecule has 10 aromatic rings. The first-order chi connectivity index (χ1) is 34.4. The molecule has 0 saturated heterocycles. The third kappa shape index (κ3) is 6.54. The van der Waals surface area contributed by atoms with Crippen LogP contribution in [0, 0.1) is 17.8 Å². The Morgan fingerprint density at radius 3 is 1.61 bits per heavy atom. The van der Waals surface area contributed by atoms with Crippen molar-refractivity contribution in [3.05, 3.63) is 235 Å². The van der Waals surface area contributed by atoms with Gasteiger partial charge in [0.2, 0.25) is 0 Å². The summed E-state index contributed by atoms with van der Waals surface area (Å²) in [5.41, 5.74) is 19.9. The molecule has 1 aromatic heterocycles. The van der Waals surface area contributed by atoms with Crippen molar-refractivity contribution in [3.63, 3.8) is 0 Å². The summed E-state index contributed by atoms with van der Waals surface area (Å²) in [6.07, 6.45) is 8.44. The van der Waals surface area contributed by atoms with Crippen LogP contribution in [-0.4, -0.2) is 4.57 Å². The van der Waals surface area contributed by atoms with Crippen LogP contribution < -0.4 is 9.80 Å². The van der Waals surface area contributed by atoms with Gasteiger partial charge in [-0.2, -0.15) is 0 Å². The van der Waals surface area contributed by atoms with Crippen molar-refractivity contribution >= 4 is 55.9 Å². The van der Waals surface area contributed by atoms with E-state index in [9.17, 15) is 0 Å². The van der Waals surface area contributed by atoms with Crippen LogP contribution in [0.25, 0.3) is 49.7 Å². The molecule has 0 aliphatic heterocycles. The Hall–Kier alpha value is -7.62. The van der Waals surface area contributed by atoms with Crippen LogP contribution in [0.1, 0.15) is 69.1 Å². The second-order valence-corrected chi connectivity index (χ2v) is 21.6. The normalized spacial score (nSPS) is 20.4. The quantitative estimate of drug-likeness (QED) is 0.143. The second-order valence-electron chi connectivity index (χ2n) is 21.6. The Labute approximate surface area is 412 Å². The predicted octanol–water partition coefficient (Wildman–Crippen LogP) is 18.2. The molecule has 4 saturated carbocycles. The van der Waals surface area contributed by atoms with Crippen molar-refractivity contribution < 1.29 is 0 Å². The fourth-order valence-electron chi connectivity index (χ4n) is 14.4. The topological polar surface area (TPSA) is 11.4 Å². The van der Waals surface area contributed by atoms with E-state index >= 15 is 0 Å². The van der Waals surface area contributed by atoms with Crippen molar-refractivity contribution in [2.24, 2.45) is 17.8 Å². The van der Waals surface area contributed by atoms with Crippen molar-refractivity contribution in [1.82, 2.24) is 4.57 Å². The first-order valence-electron chi connectivity index (χ1n) is 25.7. The third-order valence-corrected chi connectivity index (χ3v) is 17.1. The highest BCUT2D eigenvalue weighted by Crippen LogP contribution is 2.61. The predicted molar refractivity (Wildman–Crippen MR) is 293 cm³/mol. The molecule has 0 atom stereocenters. The van der Waals surface area contributed by atoms with Gasteiger partial charge in [0.15, 0.2) is 0 Å². The lowest BCUT2D eigenvalue weighted by atomic mass is 9.48. The number of benzene rings is 9. The SMILES string of the molecule is CC1(C)c2ccc(N(c3ccccc3)c3cccc(C45CC6CC(CC(C6)C4)C5)c3)cc2-c2cc(N(c3cccc(-c4ccccc4)c3)c3cccc4c3c3ccccc3n4-c3ccccc3)ccc21. The zero-order chi connectivity index (χ0) is 46.6. The summed E-state index contributed by atoms with van der Waals surface area (Å²) in [6.45, 7) is 4.81. The van der Waals surface area contributed by atoms with Gasteiger partial charge in [-0.05, 0) is 192 Å². The van der Waals surface area contributed by atoms with Crippen LogP contribution in [0.2, 0.25) is 0 Å². The highest BCUT2D eigenvalue weighted by molar-refractivity contribution is 6.16. The molecular formula is C67H57N3. The van der Waals surface area contributed by atoms with Crippen molar-refractivity contribution in [1.29, 1.82) is 0 Å². The zero-order valence-corrected chi connectivity index (χ0v) is 40.1. The minimum atomic E-state index is -0.182. The van der Waals surface area contributed by atoms with Crippen LogP contribution in [0.4, 0.5) is 34.1 Å². The van der Waals surface area contributed by atoms with Crippen molar-refractivity contribution in [3.8, 4) is 27.9 Å². The molecule has 0 amide bonds. The largest absolute Gasteiger partial charge is 0.310 e. The first kappa shape index (κ1) is 41.4. The highest BCUT2D eigenvalue weighted by atomic mass is 15.2. The van der Waals surface area contributed by atoms with Crippen LogP contribution in [-0.2, 0) is 10.8 Å². The number of nitrogens with zero attached hydrogens (tertiary/aromatic N) is 3. The molecule has 3 nitrogen and oxygen atoms in total. The molecule has 1 heterocycles. The number of rotatable bonds is 9.